The lowest BCUT2D eigenvalue weighted by Gasteiger charge is -2.07. The van der Waals surface area contributed by atoms with Crippen LogP contribution in [0, 0.1) is 0 Å². The quantitative estimate of drug-likeness (QED) is 0.634. The third-order valence-electron chi connectivity index (χ3n) is 1.93. The number of ketones is 1. The molecule has 0 aliphatic carbocycles. The van der Waals surface area contributed by atoms with E-state index in [2.05, 4.69) is 15.9 Å². The second kappa shape index (κ2) is 5.46. The molecule has 0 heterocycles. The summed E-state index contributed by atoms with van der Waals surface area (Å²) < 4.78 is 5.37. The van der Waals surface area contributed by atoms with Crippen molar-refractivity contribution in [1.82, 2.24) is 0 Å². The summed E-state index contributed by atoms with van der Waals surface area (Å²) in [6.07, 6.45) is 0. The van der Waals surface area contributed by atoms with Gasteiger partial charge in [-0.3, -0.25) is 4.79 Å². The third-order valence-corrected chi connectivity index (χ3v) is 2.90. The summed E-state index contributed by atoms with van der Waals surface area (Å²) in [6.45, 7) is 3.42. The fourth-order valence-electron chi connectivity index (χ4n) is 1.18. The van der Waals surface area contributed by atoms with Gasteiger partial charge in [-0.25, -0.2) is 4.79 Å². The number of ether oxygens (including phenoxy) is 1. The lowest BCUT2D eigenvalue weighted by molar-refractivity contribution is 0.0526. The zero-order chi connectivity index (χ0) is 12.3. The van der Waals surface area contributed by atoms with Crippen molar-refractivity contribution in [3.63, 3.8) is 0 Å². The van der Waals surface area contributed by atoms with E-state index < -0.39 is 5.97 Å². The number of carbonyl (C=O) groups is 2. The predicted octanol–water partition coefficient (Wildman–Crippen LogP) is 3.48. The van der Waals surface area contributed by atoms with Gasteiger partial charge in [0, 0.05) is 10.0 Å². The van der Waals surface area contributed by atoms with E-state index in [1.165, 1.54) is 19.1 Å². The summed E-state index contributed by atoms with van der Waals surface area (Å²) in [6, 6.07) is 2.96. The summed E-state index contributed by atoms with van der Waals surface area (Å²) in [5.41, 5.74) is 0.693. The Labute approximate surface area is 107 Å². The molecule has 0 atom stereocenters. The van der Waals surface area contributed by atoms with Gasteiger partial charge in [-0.1, -0.05) is 27.5 Å². The topological polar surface area (TPSA) is 43.4 Å². The highest BCUT2D eigenvalue weighted by Crippen LogP contribution is 2.26. The fourth-order valence-corrected chi connectivity index (χ4v) is 2.05. The monoisotopic (exact) mass is 304 g/mol. The molecule has 3 nitrogen and oxygen atoms in total. The maximum atomic E-state index is 11.5. The Morgan fingerprint density at radius 2 is 2.00 bits per heavy atom. The largest absolute Gasteiger partial charge is 0.462 e. The predicted molar refractivity (Wildman–Crippen MR) is 65.1 cm³/mol. The molecule has 0 spiro atoms. The van der Waals surface area contributed by atoms with Crippen LogP contribution in [0.3, 0.4) is 0 Å². The van der Waals surface area contributed by atoms with Gasteiger partial charge in [-0.05, 0) is 26.0 Å². The first-order valence-corrected chi connectivity index (χ1v) is 5.81. The molecule has 0 amide bonds. The van der Waals surface area contributed by atoms with Crippen molar-refractivity contribution in [3.05, 3.63) is 32.8 Å². The van der Waals surface area contributed by atoms with Gasteiger partial charge >= 0.3 is 5.97 Å². The fraction of sp³-hybridized carbons (Fsp3) is 0.273. The summed E-state index contributed by atoms with van der Waals surface area (Å²) in [7, 11) is 0. The van der Waals surface area contributed by atoms with Gasteiger partial charge in [0.1, 0.15) is 0 Å². The average molecular weight is 306 g/mol. The van der Waals surface area contributed by atoms with E-state index in [0.717, 1.165) is 0 Å². The Morgan fingerprint density at radius 1 is 1.38 bits per heavy atom. The molecule has 5 heteroatoms. The molecule has 0 unspecified atom stereocenters. The lowest BCUT2D eigenvalue weighted by atomic mass is 10.1. The Balaban J connectivity index is 3.20. The molecule has 0 bridgehead atoms. The first kappa shape index (κ1) is 13.2. The molecule has 0 saturated heterocycles. The van der Waals surface area contributed by atoms with Gasteiger partial charge in [0.25, 0.3) is 0 Å². The van der Waals surface area contributed by atoms with Crippen molar-refractivity contribution in [2.75, 3.05) is 6.61 Å². The van der Waals surface area contributed by atoms with Crippen molar-refractivity contribution in [2.24, 2.45) is 0 Å². The van der Waals surface area contributed by atoms with Crippen LogP contribution in [-0.2, 0) is 4.74 Å². The number of esters is 1. The second-order valence-electron chi connectivity index (χ2n) is 3.09. The molecule has 0 saturated carbocycles. The summed E-state index contributed by atoms with van der Waals surface area (Å²) in [5, 5.41) is 0.215. The molecule has 0 aromatic heterocycles. The van der Waals surface area contributed by atoms with Gasteiger partial charge in [-0.15, -0.1) is 0 Å². The van der Waals surface area contributed by atoms with Gasteiger partial charge in [0.2, 0.25) is 0 Å². The molecule has 0 fully saturated rings. The molecule has 0 N–H and O–H groups in total. The third kappa shape index (κ3) is 2.83. The Bertz CT molecular complexity index is 443. The minimum absolute atomic E-state index is 0.121. The summed E-state index contributed by atoms with van der Waals surface area (Å²) >= 11 is 9.12. The SMILES string of the molecule is CCOC(=O)c1cc(Br)c(C(C)=O)cc1Cl. The van der Waals surface area contributed by atoms with Crippen molar-refractivity contribution in [3.8, 4) is 0 Å². The van der Waals surface area contributed by atoms with E-state index in [0.29, 0.717) is 10.0 Å². The van der Waals surface area contributed by atoms with Crippen LogP contribution < -0.4 is 0 Å². The standard InChI is InChI=1S/C11H10BrClO3/c1-3-16-11(15)8-4-9(12)7(6(2)14)5-10(8)13/h4-5H,3H2,1-2H3. The van der Waals surface area contributed by atoms with Crippen LogP contribution in [-0.4, -0.2) is 18.4 Å². The Hall–Kier alpha value is -0.870. The van der Waals surface area contributed by atoms with E-state index in [-0.39, 0.29) is 23.0 Å². The van der Waals surface area contributed by atoms with Crippen LogP contribution in [0.2, 0.25) is 5.02 Å². The van der Waals surface area contributed by atoms with E-state index >= 15 is 0 Å². The molecule has 0 aliphatic rings. The molecule has 1 aromatic carbocycles. The number of carbonyl (C=O) groups excluding carboxylic acids is 2. The number of halogens is 2. The van der Waals surface area contributed by atoms with E-state index in [9.17, 15) is 9.59 Å². The zero-order valence-corrected chi connectivity index (χ0v) is 11.2. The number of rotatable bonds is 3. The highest BCUT2D eigenvalue weighted by atomic mass is 79.9. The van der Waals surface area contributed by atoms with E-state index in [4.69, 9.17) is 16.3 Å². The van der Waals surface area contributed by atoms with Gasteiger partial charge < -0.3 is 4.74 Å². The highest BCUT2D eigenvalue weighted by molar-refractivity contribution is 9.10. The number of benzene rings is 1. The number of Topliss-reactive ketones (excluding diaryl/α,β-unsaturated/α-hetero) is 1. The van der Waals surface area contributed by atoms with Gasteiger partial charge in [-0.2, -0.15) is 0 Å². The maximum Gasteiger partial charge on any atom is 0.339 e. The van der Waals surface area contributed by atoms with Crippen molar-refractivity contribution < 1.29 is 14.3 Å². The van der Waals surface area contributed by atoms with Crippen LogP contribution in [0.25, 0.3) is 0 Å². The highest BCUT2D eigenvalue weighted by Gasteiger charge is 2.16. The van der Waals surface area contributed by atoms with Crippen LogP contribution in [0.1, 0.15) is 34.6 Å². The zero-order valence-electron chi connectivity index (χ0n) is 8.84. The first-order valence-electron chi connectivity index (χ1n) is 4.64. The first-order chi connectivity index (χ1) is 7.47. The maximum absolute atomic E-state index is 11.5. The van der Waals surface area contributed by atoms with Gasteiger partial charge in [0.05, 0.1) is 17.2 Å². The summed E-state index contributed by atoms with van der Waals surface area (Å²) in [5.74, 6) is -0.618. The molecular formula is C11H10BrClO3. The van der Waals surface area contributed by atoms with Crippen molar-refractivity contribution in [1.29, 1.82) is 0 Å². The Morgan fingerprint density at radius 3 is 2.50 bits per heavy atom. The second-order valence-corrected chi connectivity index (χ2v) is 4.35. The molecule has 0 radical (unpaired) electrons. The number of hydrogen-bond donors (Lipinski definition) is 0. The molecule has 1 rings (SSSR count). The molecule has 86 valence electrons. The van der Waals surface area contributed by atoms with Crippen LogP contribution in [0.5, 0.6) is 0 Å². The Kier molecular flexibility index (Phi) is 4.50. The minimum Gasteiger partial charge on any atom is -0.462 e. The normalized spacial score (nSPS) is 10.0. The van der Waals surface area contributed by atoms with E-state index in [1.54, 1.807) is 6.92 Å². The van der Waals surface area contributed by atoms with Crippen LogP contribution in [0.4, 0.5) is 0 Å². The van der Waals surface area contributed by atoms with Crippen molar-refractivity contribution in [2.45, 2.75) is 13.8 Å². The molecule has 1 aromatic rings. The smallest absolute Gasteiger partial charge is 0.339 e. The van der Waals surface area contributed by atoms with E-state index in [1.807, 2.05) is 0 Å². The minimum atomic E-state index is -0.497. The van der Waals surface area contributed by atoms with Crippen molar-refractivity contribution >= 4 is 39.3 Å². The summed E-state index contributed by atoms with van der Waals surface area (Å²) in [4.78, 5) is 22.7. The van der Waals surface area contributed by atoms with Crippen LogP contribution >= 0.6 is 27.5 Å². The number of hydrogen-bond acceptors (Lipinski definition) is 3. The molecule has 0 aliphatic heterocycles. The molecule has 16 heavy (non-hydrogen) atoms. The molecular weight excluding hydrogens is 295 g/mol. The van der Waals surface area contributed by atoms with Gasteiger partial charge in [0.15, 0.2) is 5.78 Å². The van der Waals surface area contributed by atoms with Crippen LogP contribution in [0.15, 0.2) is 16.6 Å². The average Bonchev–Trinajstić information content (AvgIpc) is 2.20. The lowest BCUT2D eigenvalue weighted by Crippen LogP contribution is -2.07.